The second kappa shape index (κ2) is 16.0. The largest absolute Gasteiger partial charge is 0.491 e. The first-order valence-corrected chi connectivity index (χ1v) is 18.0. The van der Waals surface area contributed by atoms with Crippen LogP contribution in [0.5, 0.6) is 5.75 Å². The van der Waals surface area contributed by atoms with Crippen LogP contribution < -0.4 is 20.2 Å². The van der Waals surface area contributed by atoms with Crippen LogP contribution in [-0.4, -0.2) is 92.6 Å². The van der Waals surface area contributed by atoms with Gasteiger partial charge in [0.25, 0.3) is 0 Å². The van der Waals surface area contributed by atoms with Crippen LogP contribution in [0.2, 0.25) is 0 Å². The molecule has 4 heterocycles. The molecule has 5 aromatic rings. The minimum atomic E-state index is -1.53. The average Bonchev–Trinajstić information content (AvgIpc) is 3.95. The van der Waals surface area contributed by atoms with Crippen LogP contribution >= 0.6 is 11.6 Å². The van der Waals surface area contributed by atoms with E-state index in [0.29, 0.717) is 11.4 Å². The lowest BCUT2D eigenvalue weighted by molar-refractivity contribution is -0.192. The second-order valence-corrected chi connectivity index (χ2v) is 13.4. The van der Waals surface area contributed by atoms with E-state index in [1.54, 1.807) is 13.8 Å². The minimum absolute atomic E-state index is 0.0182. The Balaban J connectivity index is 0.911. The van der Waals surface area contributed by atoms with Crippen LogP contribution in [0.25, 0.3) is 5.69 Å². The number of carbonyl (C=O) groups is 1. The zero-order valence-electron chi connectivity index (χ0n) is 29.6. The van der Waals surface area contributed by atoms with Crippen molar-refractivity contribution in [1.82, 2.24) is 29.1 Å². The van der Waals surface area contributed by atoms with Crippen molar-refractivity contribution in [2.45, 2.75) is 44.4 Å². The van der Waals surface area contributed by atoms with Gasteiger partial charge in [0.05, 0.1) is 18.3 Å². The molecule has 17 heteroatoms. The molecule has 0 amide bonds. The summed E-state index contributed by atoms with van der Waals surface area (Å²) in [6, 6.07) is 18.4. The summed E-state index contributed by atoms with van der Waals surface area (Å²) in [7, 11) is 0. The summed E-state index contributed by atoms with van der Waals surface area (Å²) in [4.78, 5) is 33.2. The van der Waals surface area contributed by atoms with Gasteiger partial charge >= 0.3 is 11.7 Å². The summed E-state index contributed by atoms with van der Waals surface area (Å²) in [6.07, 6.45) is 3.18. The normalized spacial score (nSPS) is 19.8. The number of piperazine rings is 1. The summed E-state index contributed by atoms with van der Waals surface area (Å²) in [5.74, 6) is -3.18. The molecule has 14 nitrogen and oxygen atoms in total. The molecule has 0 bridgehead atoms. The predicted molar refractivity (Wildman–Crippen MR) is 194 cm³/mol. The SMILES string of the molecule is CC(OC(=O)CCl)[C@H](C)n1ncn(-c2ccc(N3CCN(c4ccc(OC[C@H]5CO[C@](Cn6cncn6)(c6ccc(F)cc6F)O5)cc4)CC3)cc2)c1=O. The smallest absolute Gasteiger partial charge is 0.350 e. The summed E-state index contributed by atoms with van der Waals surface area (Å²) in [5.41, 5.74) is 2.51. The maximum absolute atomic E-state index is 14.9. The Labute approximate surface area is 314 Å². The van der Waals surface area contributed by atoms with Crippen LogP contribution in [0.1, 0.15) is 25.5 Å². The monoisotopic (exact) mass is 764 g/mol. The first kappa shape index (κ1) is 37.0. The van der Waals surface area contributed by atoms with Crippen LogP contribution in [0.4, 0.5) is 20.2 Å². The van der Waals surface area contributed by atoms with Gasteiger partial charge in [-0.3, -0.25) is 4.79 Å². The highest BCUT2D eigenvalue weighted by molar-refractivity contribution is 6.26. The zero-order valence-corrected chi connectivity index (χ0v) is 30.4. The van der Waals surface area contributed by atoms with Crippen molar-refractivity contribution in [1.29, 1.82) is 0 Å². The molecule has 3 aromatic carbocycles. The van der Waals surface area contributed by atoms with E-state index in [4.69, 9.17) is 30.5 Å². The van der Waals surface area contributed by atoms with E-state index in [1.807, 2.05) is 48.5 Å². The first-order valence-electron chi connectivity index (χ1n) is 17.5. The molecule has 284 valence electrons. The molecule has 2 aromatic heterocycles. The molecule has 2 fully saturated rings. The van der Waals surface area contributed by atoms with Crippen molar-refractivity contribution in [2.75, 3.05) is 55.1 Å². The molecule has 2 aliphatic heterocycles. The highest BCUT2D eigenvalue weighted by Crippen LogP contribution is 2.38. The molecular formula is C37H39ClF2N8O6. The number of halogens is 3. The molecule has 1 unspecified atom stereocenters. The Hall–Kier alpha value is -5.32. The lowest BCUT2D eigenvalue weighted by atomic mass is 10.0. The fourth-order valence-corrected chi connectivity index (χ4v) is 6.64. The molecule has 7 rings (SSSR count). The number of hydrogen-bond acceptors (Lipinski definition) is 11. The van der Waals surface area contributed by atoms with Crippen LogP contribution in [0.3, 0.4) is 0 Å². The van der Waals surface area contributed by atoms with E-state index < -0.39 is 41.6 Å². The number of anilines is 2. The number of carbonyl (C=O) groups excluding carboxylic acids is 1. The van der Waals surface area contributed by atoms with Crippen molar-refractivity contribution < 1.29 is 32.5 Å². The van der Waals surface area contributed by atoms with Gasteiger partial charge in [0, 0.05) is 49.2 Å². The van der Waals surface area contributed by atoms with Crippen molar-refractivity contribution in [3.05, 3.63) is 113 Å². The van der Waals surface area contributed by atoms with Crippen molar-refractivity contribution in [2.24, 2.45) is 0 Å². The lowest BCUT2D eigenvalue weighted by Crippen LogP contribution is -2.46. The minimum Gasteiger partial charge on any atom is -0.491 e. The van der Waals surface area contributed by atoms with Gasteiger partial charge in [-0.2, -0.15) is 10.2 Å². The Morgan fingerprint density at radius 2 is 1.61 bits per heavy atom. The molecule has 4 atom stereocenters. The van der Waals surface area contributed by atoms with Gasteiger partial charge in [0.2, 0.25) is 5.79 Å². The van der Waals surface area contributed by atoms with E-state index >= 15 is 0 Å². The maximum Gasteiger partial charge on any atom is 0.350 e. The van der Waals surface area contributed by atoms with Gasteiger partial charge in [0.1, 0.15) is 67.6 Å². The maximum atomic E-state index is 14.9. The highest BCUT2D eigenvalue weighted by atomic mass is 35.5. The van der Waals surface area contributed by atoms with E-state index in [2.05, 4.69) is 25.0 Å². The van der Waals surface area contributed by atoms with Crippen LogP contribution in [0.15, 0.2) is 90.5 Å². The Morgan fingerprint density at radius 3 is 2.24 bits per heavy atom. The van der Waals surface area contributed by atoms with Gasteiger partial charge in [0.15, 0.2) is 0 Å². The number of ether oxygens (including phenoxy) is 4. The van der Waals surface area contributed by atoms with E-state index in [1.165, 1.54) is 39.0 Å². The van der Waals surface area contributed by atoms with E-state index in [0.717, 1.165) is 49.7 Å². The topological polar surface area (TPSA) is 131 Å². The summed E-state index contributed by atoms with van der Waals surface area (Å²) < 4.78 is 56.4. The van der Waals surface area contributed by atoms with Crippen molar-refractivity contribution >= 4 is 28.9 Å². The summed E-state index contributed by atoms with van der Waals surface area (Å²) in [6.45, 7) is 6.97. The van der Waals surface area contributed by atoms with Crippen LogP contribution in [0, 0.1) is 11.6 Å². The standard InChI is InChI=1S/C37H39ClF2N8O6/c1-25(26(2)53-35(49)18-38)48-36(50)47(24-43-48)30-6-4-28(5-7-30)44-13-15-45(16-14-44)29-8-10-31(11-9-29)51-19-32-20-52-37(54-32,21-46-23-41-22-42-46)33-12-3-27(39)17-34(33)40/h3-12,17,22-26,32H,13-16,18-21H2,1-2H3/t25-,26?,32-,37-/m0/s1. The van der Waals surface area contributed by atoms with Gasteiger partial charge in [-0.1, -0.05) is 0 Å². The van der Waals surface area contributed by atoms with Crippen LogP contribution in [-0.2, 0) is 31.3 Å². The molecule has 0 spiro atoms. The number of esters is 1. The Bertz CT molecular complexity index is 2090. The zero-order chi connectivity index (χ0) is 37.8. The Kier molecular flexibility index (Phi) is 10.9. The Morgan fingerprint density at radius 1 is 0.944 bits per heavy atom. The second-order valence-electron chi connectivity index (χ2n) is 13.1. The third-order valence-electron chi connectivity index (χ3n) is 9.63. The molecule has 2 saturated heterocycles. The highest BCUT2D eigenvalue weighted by Gasteiger charge is 2.46. The van der Waals surface area contributed by atoms with Crippen molar-refractivity contribution in [3.63, 3.8) is 0 Å². The molecular weight excluding hydrogens is 726 g/mol. The number of nitrogens with zero attached hydrogens (tertiary/aromatic N) is 8. The van der Waals surface area contributed by atoms with E-state index in [9.17, 15) is 18.4 Å². The molecule has 2 aliphatic rings. The summed E-state index contributed by atoms with van der Waals surface area (Å²) >= 11 is 5.54. The third kappa shape index (κ3) is 7.95. The number of aromatic nitrogens is 6. The number of rotatable bonds is 13. The van der Waals surface area contributed by atoms with Gasteiger partial charge in [-0.15, -0.1) is 11.6 Å². The fourth-order valence-electron chi connectivity index (χ4n) is 6.58. The first-order chi connectivity index (χ1) is 26.1. The number of benzene rings is 3. The molecule has 0 saturated carbocycles. The fraction of sp³-hybridized carbons (Fsp3) is 0.378. The number of alkyl halides is 1. The quantitative estimate of drug-likeness (QED) is 0.126. The average molecular weight is 765 g/mol. The predicted octanol–water partition coefficient (Wildman–Crippen LogP) is 4.31. The van der Waals surface area contributed by atoms with E-state index in [-0.39, 0.29) is 36.9 Å². The van der Waals surface area contributed by atoms with Gasteiger partial charge in [-0.25, -0.2) is 32.5 Å². The molecule has 0 N–H and O–H groups in total. The molecule has 54 heavy (non-hydrogen) atoms. The van der Waals surface area contributed by atoms with Gasteiger partial charge < -0.3 is 28.7 Å². The number of hydrogen-bond donors (Lipinski definition) is 0. The van der Waals surface area contributed by atoms with Crippen molar-refractivity contribution in [3.8, 4) is 11.4 Å². The lowest BCUT2D eigenvalue weighted by Gasteiger charge is -2.37. The van der Waals surface area contributed by atoms with Gasteiger partial charge in [-0.05, 0) is 74.5 Å². The molecule has 0 radical (unpaired) electrons. The summed E-state index contributed by atoms with van der Waals surface area (Å²) in [5, 5.41) is 8.34. The third-order valence-corrected chi connectivity index (χ3v) is 9.85. The molecule has 0 aliphatic carbocycles.